The van der Waals surface area contributed by atoms with E-state index in [0.717, 1.165) is 47.3 Å². The normalized spacial score (nSPS) is 41.7. The molecule has 0 saturated heterocycles. The van der Waals surface area contributed by atoms with E-state index in [0.29, 0.717) is 30.5 Å². The fraction of sp³-hybridized carbons (Fsp3) is 0.629. The summed E-state index contributed by atoms with van der Waals surface area (Å²) in [5.41, 5.74) is 5.75. The Bertz CT molecular complexity index is 1010. The number of Topliss-reactive ketones (excluding diaryl/α,β-unsaturated/α-hetero) is 1. The summed E-state index contributed by atoms with van der Waals surface area (Å²) in [5.74, 6) is 9.32. The average Bonchev–Trinajstić information content (AvgIpc) is 2.85. The van der Waals surface area contributed by atoms with Gasteiger partial charge in [-0.25, -0.2) is 0 Å². The standard InChI is InChI=1S/C35H42O/c36-31(19-25-5-1-3-7-32(25)34-27-11-21-9-22(13-27)14-28(34)12-21)20-26-6-2-4-8-33(26)35-29-15-23-10-24(17-29)18-30(35)16-23/h1-8,21-24,27-30,34-35H,9-20H2. The van der Waals surface area contributed by atoms with Gasteiger partial charge in [0.1, 0.15) is 5.78 Å². The number of hydrogen-bond donors (Lipinski definition) is 0. The highest BCUT2D eigenvalue weighted by Gasteiger charge is 2.50. The van der Waals surface area contributed by atoms with Crippen LogP contribution in [-0.2, 0) is 17.6 Å². The summed E-state index contributed by atoms with van der Waals surface area (Å²) in [4.78, 5) is 13.7. The molecule has 8 saturated carbocycles. The van der Waals surface area contributed by atoms with E-state index in [1.165, 1.54) is 86.5 Å². The lowest BCUT2D eigenvalue weighted by atomic mass is 9.50. The van der Waals surface area contributed by atoms with Crippen molar-refractivity contribution in [3.8, 4) is 0 Å². The maximum absolute atomic E-state index is 13.7. The highest BCUT2D eigenvalue weighted by Crippen LogP contribution is 2.61. The minimum atomic E-state index is 0.419. The van der Waals surface area contributed by atoms with Crippen molar-refractivity contribution in [3.05, 3.63) is 70.8 Å². The zero-order valence-electron chi connectivity index (χ0n) is 21.8. The predicted molar refractivity (Wildman–Crippen MR) is 145 cm³/mol. The third-order valence-corrected chi connectivity index (χ3v) is 12.1. The maximum atomic E-state index is 13.7. The van der Waals surface area contributed by atoms with Crippen LogP contribution in [0.3, 0.4) is 0 Å². The molecule has 8 aliphatic rings. The van der Waals surface area contributed by atoms with Gasteiger partial charge in [0.05, 0.1) is 0 Å². The van der Waals surface area contributed by atoms with Crippen LogP contribution in [0.4, 0.5) is 0 Å². The van der Waals surface area contributed by atoms with Crippen molar-refractivity contribution < 1.29 is 4.79 Å². The van der Waals surface area contributed by atoms with E-state index in [1.54, 1.807) is 0 Å². The molecular formula is C35H42O. The molecule has 188 valence electrons. The van der Waals surface area contributed by atoms with Crippen LogP contribution in [0.2, 0.25) is 0 Å². The van der Waals surface area contributed by atoms with Crippen LogP contribution < -0.4 is 0 Å². The smallest absolute Gasteiger partial charge is 0.141 e. The Kier molecular flexibility index (Phi) is 5.27. The summed E-state index contributed by atoms with van der Waals surface area (Å²) in [6.07, 6.45) is 15.8. The minimum absolute atomic E-state index is 0.419. The SMILES string of the molecule is O=C(Cc1ccccc1C1C2CC3CC(C2)CC1C3)Cc1ccccc1C1C2CC3CC(C2)CC1C3. The topological polar surface area (TPSA) is 17.1 Å². The second-order valence-electron chi connectivity index (χ2n) is 14.2. The van der Waals surface area contributed by atoms with E-state index in [9.17, 15) is 4.79 Å². The summed E-state index contributed by atoms with van der Waals surface area (Å²) < 4.78 is 0. The zero-order chi connectivity index (χ0) is 23.8. The summed E-state index contributed by atoms with van der Waals surface area (Å²) in [5, 5.41) is 0. The van der Waals surface area contributed by atoms with Crippen LogP contribution in [0.5, 0.6) is 0 Å². The Morgan fingerprint density at radius 1 is 0.500 bits per heavy atom. The van der Waals surface area contributed by atoms with Gasteiger partial charge in [0.25, 0.3) is 0 Å². The molecule has 0 radical (unpaired) electrons. The molecule has 0 heterocycles. The molecule has 0 atom stereocenters. The van der Waals surface area contributed by atoms with E-state index in [2.05, 4.69) is 48.5 Å². The van der Waals surface area contributed by atoms with E-state index < -0.39 is 0 Å². The quantitative estimate of drug-likeness (QED) is 0.410. The first-order valence-electron chi connectivity index (χ1n) is 15.3. The average molecular weight is 479 g/mol. The van der Waals surface area contributed by atoms with E-state index in [-0.39, 0.29) is 0 Å². The van der Waals surface area contributed by atoms with Crippen molar-refractivity contribution in [1.29, 1.82) is 0 Å². The predicted octanol–water partition coefficient (Wildman–Crippen LogP) is 8.12. The van der Waals surface area contributed by atoms with Crippen molar-refractivity contribution in [2.24, 2.45) is 47.3 Å². The lowest BCUT2D eigenvalue weighted by Crippen LogP contribution is -2.44. The number of rotatable bonds is 6. The van der Waals surface area contributed by atoms with Gasteiger partial charge in [0.2, 0.25) is 0 Å². The van der Waals surface area contributed by atoms with E-state index in [1.807, 2.05) is 0 Å². The molecule has 0 spiro atoms. The molecule has 0 N–H and O–H groups in total. The fourth-order valence-electron chi connectivity index (χ4n) is 11.4. The van der Waals surface area contributed by atoms with Crippen LogP contribution in [0, 0.1) is 47.3 Å². The van der Waals surface area contributed by atoms with Crippen LogP contribution in [0.15, 0.2) is 48.5 Å². The molecule has 1 nitrogen and oxygen atoms in total. The van der Waals surface area contributed by atoms with Crippen LogP contribution in [0.1, 0.15) is 98.3 Å². The van der Waals surface area contributed by atoms with Gasteiger partial charge in [-0.2, -0.15) is 0 Å². The van der Waals surface area contributed by atoms with Gasteiger partial charge in [0.15, 0.2) is 0 Å². The number of ketones is 1. The second-order valence-corrected chi connectivity index (χ2v) is 14.2. The third-order valence-electron chi connectivity index (χ3n) is 12.1. The van der Waals surface area contributed by atoms with Gasteiger partial charge in [-0.3, -0.25) is 4.79 Å². The molecule has 0 aliphatic heterocycles. The molecule has 0 aromatic heterocycles. The molecule has 2 aromatic rings. The van der Waals surface area contributed by atoms with Crippen molar-refractivity contribution in [2.75, 3.05) is 0 Å². The van der Waals surface area contributed by atoms with Crippen LogP contribution in [-0.4, -0.2) is 5.78 Å². The van der Waals surface area contributed by atoms with E-state index in [4.69, 9.17) is 0 Å². The highest BCUT2D eigenvalue weighted by molar-refractivity contribution is 5.84. The monoisotopic (exact) mass is 478 g/mol. The fourth-order valence-corrected chi connectivity index (χ4v) is 11.4. The number of hydrogen-bond acceptors (Lipinski definition) is 1. The number of benzene rings is 2. The minimum Gasteiger partial charge on any atom is -0.299 e. The van der Waals surface area contributed by atoms with Gasteiger partial charge in [-0.1, -0.05) is 48.5 Å². The van der Waals surface area contributed by atoms with Gasteiger partial charge < -0.3 is 0 Å². The first-order chi connectivity index (χ1) is 17.7. The summed E-state index contributed by atoms with van der Waals surface area (Å²) in [6.45, 7) is 0. The molecule has 0 unspecified atom stereocenters. The molecule has 36 heavy (non-hydrogen) atoms. The van der Waals surface area contributed by atoms with Gasteiger partial charge in [-0.05, 0) is 146 Å². The van der Waals surface area contributed by atoms with E-state index >= 15 is 0 Å². The largest absolute Gasteiger partial charge is 0.299 e. The molecule has 8 aliphatic carbocycles. The van der Waals surface area contributed by atoms with Crippen molar-refractivity contribution >= 4 is 5.78 Å². The Morgan fingerprint density at radius 3 is 1.19 bits per heavy atom. The van der Waals surface area contributed by atoms with Gasteiger partial charge in [0, 0.05) is 12.8 Å². The first-order valence-corrected chi connectivity index (χ1v) is 15.3. The van der Waals surface area contributed by atoms with Crippen LogP contribution >= 0.6 is 0 Å². The van der Waals surface area contributed by atoms with Gasteiger partial charge >= 0.3 is 0 Å². The molecule has 2 aromatic carbocycles. The zero-order valence-corrected chi connectivity index (χ0v) is 21.8. The van der Waals surface area contributed by atoms with Crippen molar-refractivity contribution in [1.82, 2.24) is 0 Å². The summed E-state index contributed by atoms with van der Waals surface area (Å²) in [7, 11) is 0. The summed E-state index contributed by atoms with van der Waals surface area (Å²) in [6, 6.07) is 18.1. The molecule has 0 amide bonds. The van der Waals surface area contributed by atoms with Crippen LogP contribution in [0.25, 0.3) is 0 Å². The highest BCUT2D eigenvalue weighted by atomic mass is 16.1. The first kappa shape index (κ1) is 22.1. The third kappa shape index (κ3) is 3.66. The Morgan fingerprint density at radius 2 is 0.833 bits per heavy atom. The molecule has 8 fully saturated rings. The number of carbonyl (C=O) groups excluding carboxylic acids is 1. The maximum Gasteiger partial charge on any atom is 0.141 e. The number of carbonyl (C=O) groups is 1. The molecule has 10 rings (SSSR count). The lowest BCUT2D eigenvalue weighted by Gasteiger charge is -2.55. The Labute approximate surface area is 217 Å². The molecule has 8 bridgehead atoms. The Hall–Kier alpha value is -1.89. The van der Waals surface area contributed by atoms with Gasteiger partial charge in [-0.15, -0.1) is 0 Å². The molecule has 1 heteroatoms. The van der Waals surface area contributed by atoms with Crippen molar-refractivity contribution in [3.63, 3.8) is 0 Å². The Balaban J connectivity index is 1.03. The lowest BCUT2D eigenvalue weighted by molar-refractivity contribution is -0.117. The second kappa shape index (κ2) is 8.57. The summed E-state index contributed by atoms with van der Waals surface area (Å²) >= 11 is 0. The molecular weight excluding hydrogens is 436 g/mol. The van der Waals surface area contributed by atoms with Crippen molar-refractivity contribution in [2.45, 2.75) is 88.9 Å².